The van der Waals surface area contributed by atoms with Crippen molar-refractivity contribution in [3.05, 3.63) is 0 Å². The van der Waals surface area contributed by atoms with Crippen LogP contribution >= 0.6 is 23.5 Å². The SMILES string of the molecule is CC(C)(C)OC(=O)NCCSC(=O)CCC(=O)SCCN. The Bertz CT molecular complexity index is 357. The van der Waals surface area contributed by atoms with E-state index in [4.69, 9.17) is 10.5 Å². The molecule has 6 nitrogen and oxygen atoms in total. The van der Waals surface area contributed by atoms with Crippen molar-refractivity contribution in [2.75, 3.05) is 24.6 Å². The van der Waals surface area contributed by atoms with Gasteiger partial charge in [0.1, 0.15) is 5.60 Å². The van der Waals surface area contributed by atoms with Crippen molar-refractivity contribution >= 4 is 39.8 Å². The number of nitrogens with two attached hydrogens (primary N) is 1. The molecule has 0 aliphatic heterocycles. The summed E-state index contributed by atoms with van der Waals surface area (Å²) in [6, 6.07) is 0. The maximum Gasteiger partial charge on any atom is 0.407 e. The van der Waals surface area contributed by atoms with Crippen LogP contribution in [0.25, 0.3) is 0 Å². The van der Waals surface area contributed by atoms with Gasteiger partial charge < -0.3 is 15.8 Å². The van der Waals surface area contributed by atoms with Crippen LogP contribution in [0.1, 0.15) is 33.6 Å². The fraction of sp³-hybridized carbons (Fsp3) is 0.769. The molecule has 0 bridgehead atoms. The van der Waals surface area contributed by atoms with Crippen molar-refractivity contribution in [3.8, 4) is 0 Å². The number of carbonyl (C=O) groups excluding carboxylic acids is 3. The Hall–Kier alpha value is -0.730. The van der Waals surface area contributed by atoms with Gasteiger partial charge in [-0.2, -0.15) is 0 Å². The van der Waals surface area contributed by atoms with Gasteiger partial charge in [0.05, 0.1) is 0 Å². The van der Waals surface area contributed by atoms with E-state index in [1.54, 1.807) is 20.8 Å². The zero-order valence-electron chi connectivity index (χ0n) is 12.8. The van der Waals surface area contributed by atoms with Crippen LogP contribution in [0.3, 0.4) is 0 Å². The summed E-state index contributed by atoms with van der Waals surface area (Å²) in [6.07, 6.45) is -0.0485. The number of ether oxygens (including phenoxy) is 1. The molecule has 0 heterocycles. The van der Waals surface area contributed by atoms with Crippen LogP contribution in [0.2, 0.25) is 0 Å². The Morgan fingerprint density at radius 3 is 2.05 bits per heavy atom. The fourth-order valence-corrected chi connectivity index (χ4v) is 2.42. The number of nitrogens with one attached hydrogen (secondary N) is 1. The molecule has 1 amide bonds. The molecule has 0 radical (unpaired) electrons. The summed E-state index contributed by atoms with van der Waals surface area (Å²) in [5.74, 6) is 1.04. The number of hydrogen-bond acceptors (Lipinski definition) is 7. The van der Waals surface area contributed by atoms with Gasteiger partial charge in [0, 0.05) is 37.4 Å². The van der Waals surface area contributed by atoms with Crippen LogP contribution in [-0.2, 0) is 14.3 Å². The molecule has 122 valence electrons. The molecule has 0 rings (SSSR count). The first kappa shape index (κ1) is 20.3. The quantitative estimate of drug-likeness (QED) is 0.652. The molecule has 0 aliphatic carbocycles. The Kier molecular flexibility index (Phi) is 10.5. The molecule has 0 saturated heterocycles. The summed E-state index contributed by atoms with van der Waals surface area (Å²) in [7, 11) is 0. The summed E-state index contributed by atoms with van der Waals surface area (Å²) in [6.45, 7) is 6.15. The normalized spacial score (nSPS) is 11.0. The minimum atomic E-state index is -0.533. The number of amides is 1. The molecule has 0 aliphatic rings. The highest BCUT2D eigenvalue weighted by Gasteiger charge is 2.15. The van der Waals surface area contributed by atoms with Crippen LogP contribution in [-0.4, -0.2) is 46.5 Å². The second kappa shape index (κ2) is 10.9. The van der Waals surface area contributed by atoms with E-state index in [2.05, 4.69) is 5.32 Å². The van der Waals surface area contributed by atoms with E-state index in [1.807, 2.05) is 0 Å². The predicted octanol–water partition coefficient (Wildman–Crippen LogP) is 1.77. The second-order valence-electron chi connectivity index (χ2n) is 5.16. The lowest BCUT2D eigenvalue weighted by Gasteiger charge is -2.19. The molecule has 0 unspecified atom stereocenters. The van der Waals surface area contributed by atoms with E-state index in [0.717, 1.165) is 23.5 Å². The summed E-state index contributed by atoms with van der Waals surface area (Å²) in [4.78, 5) is 34.2. The van der Waals surface area contributed by atoms with Crippen LogP contribution in [0.4, 0.5) is 4.79 Å². The highest BCUT2D eigenvalue weighted by Crippen LogP contribution is 2.12. The van der Waals surface area contributed by atoms with Gasteiger partial charge in [0.2, 0.25) is 0 Å². The van der Waals surface area contributed by atoms with E-state index in [9.17, 15) is 14.4 Å². The molecule has 0 saturated carbocycles. The Balaban J connectivity index is 3.62. The molecule has 0 fully saturated rings. The minimum absolute atomic E-state index is 0.0127. The molecular weight excluding hydrogens is 312 g/mol. The Morgan fingerprint density at radius 1 is 1.05 bits per heavy atom. The van der Waals surface area contributed by atoms with Crippen molar-refractivity contribution in [1.29, 1.82) is 0 Å². The lowest BCUT2D eigenvalue weighted by atomic mass is 10.2. The van der Waals surface area contributed by atoms with Gasteiger partial charge in [-0.15, -0.1) is 0 Å². The third-order valence-corrected chi connectivity index (χ3v) is 3.85. The zero-order valence-corrected chi connectivity index (χ0v) is 14.4. The van der Waals surface area contributed by atoms with Crippen LogP contribution in [0.5, 0.6) is 0 Å². The van der Waals surface area contributed by atoms with E-state index in [0.29, 0.717) is 24.6 Å². The highest BCUT2D eigenvalue weighted by atomic mass is 32.2. The van der Waals surface area contributed by atoms with Gasteiger partial charge in [-0.25, -0.2) is 4.79 Å². The van der Waals surface area contributed by atoms with E-state index < -0.39 is 11.7 Å². The maximum absolute atomic E-state index is 11.5. The first-order chi connectivity index (χ1) is 9.74. The average Bonchev–Trinajstić information content (AvgIpc) is 2.37. The number of hydrogen-bond donors (Lipinski definition) is 2. The smallest absolute Gasteiger partial charge is 0.407 e. The van der Waals surface area contributed by atoms with Crippen molar-refractivity contribution in [1.82, 2.24) is 5.32 Å². The van der Waals surface area contributed by atoms with Gasteiger partial charge >= 0.3 is 6.09 Å². The fourth-order valence-electron chi connectivity index (χ4n) is 1.15. The average molecular weight is 336 g/mol. The van der Waals surface area contributed by atoms with Crippen molar-refractivity contribution < 1.29 is 19.1 Å². The summed E-state index contributed by atoms with van der Waals surface area (Å²) < 4.78 is 5.06. The van der Waals surface area contributed by atoms with Gasteiger partial charge in [0.25, 0.3) is 0 Å². The van der Waals surface area contributed by atoms with E-state index in [1.165, 1.54) is 0 Å². The molecule has 0 aromatic carbocycles. The number of alkyl carbamates (subject to hydrolysis) is 1. The lowest BCUT2D eigenvalue weighted by Crippen LogP contribution is -2.33. The largest absolute Gasteiger partial charge is 0.444 e. The van der Waals surface area contributed by atoms with Crippen LogP contribution in [0, 0.1) is 0 Å². The molecule has 8 heteroatoms. The summed E-state index contributed by atoms with van der Waals surface area (Å²) >= 11 is 2.26. The standard InChI is InChI=1S/C13H24N2O4S2/c1-13(2,3)19-12(18)15-7-9-21-11(17)5-4-10(16)20-8-6-14/h4-9,14H2,1-3H3,(H,15,18). The van der Waals surface area contributed by atoms with Gasteiger partial charge in [-0.3, -0.25) is 9.59 Å². The molecule has 0 aromatic rings. The lowest BCUT2D eigenvalue weighted by molar-refractivity contribution is -0.115. The monoisotopic (exact) mass is 336 g/mol. The van der Waals surface area contributed by atoms with Gasteiger partial charge in [-0.05, 0) is 20.8 Å². The molecule has 0 spiro atoms. The third-order valence-electron chi connectivity index (χ3n) is 1.95. The zero-order chi connectivity index (χ0) is 16.3. The Labute approximate surface area is 134 Å². The van der Waals surface area contributed by atoms with E-state index >= 15 is 0 Å². The molecule has 0 atom stereocenters. The first-order valence-electron chi connectivity index (χ1n) is 6.73. The minimum Gasteiger partial charge on any atom is -0.444 e. The van der Waals surface area contributed by atoms with Crippen LogP contribution in [0.15, 0.2) is 0 Å². The van der Waals surface area contributed by atoms with E-state index in [-0.39, 0.29) is 23.1 Å². The highest BCUT2D eigenvalue weighted by molar-refractivity contribution is 8.14. The maximum atomic E-state index is 11.5. The second-order valence-corrected chi connectivity index (χ2v) is 7.46. The predicted molar refractivity (Wildman–Crippen MR) is 87.5 cm³/mol. The van der Waals surface area contributed by atoms with Crippen molar-refractivity contribution in [2.45, 2.75) is 39.2 Å². The summed E-state index contributed by atoms with van der Waals surface area (Å²) in [5, 5.41) is 2.50. The summed E-state index contributed by atoms with van der Waals surface area (Å²) in [5.41, 5.74) is 4.75. The third kappa shape index (κ3) is 14.0. The first-order valence-corrected chi connectivity index (χ1v) is 8.70. The molecule has 3 N–H and O–H groups in total. The topological polar surface area (TPSA) is 98.5 Å². The van der Waals surface area contributed by atoms with Crippen molar-refractivity contribution in [3.63, 3.8) is 0 Å². The number of carbonyl (C=O) groups is 3. The molecular formula is C13H24N2O4S2. The molecule has 21 heavy (non-hydrogen) atoms. The van der Waals surface area contributed by atoms with Gasteiger partial charge in [0.15, 0.2) is 10.2 Å². The van der Waals surface area contributed by atoms with Crippen LogP contribution < -0.4 is 11.1 Å². The number of rotatable bonds is 8. The number of thioether (sulfide) groups is 2. The molecule has 0 aromatic heterocycles. The Morgan fingerprint density at radius 2 is 1.57 bits per heavy atom. The van der Waals surface area contributed by atoms with Crippen molar-refractivity contribution in [2.24, 2.45) is 5.73 Å². The van der Waals surface area contributed by atoms with Gasteiger partial charge in [-0.1, -0.05) is 23.5 Å².